The largest absolute Gasteiger partial charge is 0.490 e. The molecule has 1 aromatic carbocycles. The fourth-order valence-corrected chi connectivity index (χ4v) is 1.94. The molecule has 1 aliphatic rings. The lowest BCUT2D eigenvalue weighted by molar-refractivity contribution is 0.297. The molecule has 3 rings (SSSR count). The molecule has 0 spiro atoms. The molecule has 0 fully saturated rings. The van der Waals surface area contributed by atoms with Crippen LogP contribution in [0.3, 0.4) is 0 Å². The van der Waals surface area contributed by atoms with Gasteiger partial charge in [-0.25, -0.2) is 0 Å². The van der Waals surface area contributed by atoms with Crippen molar-refractivity contribution in [3.63, 3.8) is 0 Å². The first-order valence-electron chi connectivity index (χ1n) is 6.30. The summed E-state index contributed by atoms with van der Waals surface area (Å²) in [6.45, 7) is 2.04. The summed E-state index contributed by atoms with van der Waals surface area (Å²) in [5.41, 5.74) is 1.88. The number of ether oxygens (including phenoxy) is 2. The van der Waals surface area contributed by atoms with Crippen LogP contribution in [0.4, 0.5) is 5.69 Å². The van der Waals surface area contributed by atoms with Crippen molar-refractivity contribution in [2.45, 2.75) is 13.0 Å². The molecule has 0 atom stereocenters. The van der Waals surface area contributed by atoms with E-state index < -0.39 is 0 Å². The summed E-state index contributed by atoms with van der Waals surface area (Å²) >= 11 is 0. The van der Waals surface area contributed by atoms with Gasteiger partial charge in [0.25, 0.3) is 0 Å². The van der Waals surface area contributed by atoms with E-state index in [0.29, 0.717) is 19.8 Å². The number of fused-ring (bicyclic) bond motifs is 1. The van der Waals surface area contributed by atoms with Gasteiger partial charge in [0, 0.05) is 31.4 Å². The van der Waals surface area contributed by atoms with Crippen LogP contribution in [0.1, 0.15) is 12.1 Å². The number of nitrogens with one attached hydrogen (secondary N) is 1. The Hall–Kier alpha value is -2.24. The Morgan fingerprint density at radius 3 is 2.89 bits per heavy atom. The Kier molecular flexibility index (Phi) is 3.22. The van der Waals surface area contributed by atoms with Crippen molar-refractivity contribution in [2.24, 2.45) is 7.05 Å². The first-order valence-corrected chi connectivity index (χ1v) is 6.30. The maximum atomic E-state index is 5.65. The quantitative estimate of drug-likeness (QED) is 0.908. The van der Waals surface area contributed by atoms with Gasteiger partial charge in [-0.2, -0.15) is 0 Å². The predicted molar refractivity (Wildman–Crippen MR) is 70.4 cm³/mol. The summed E-state index contributed by atoms with van der Waals surface area (Å²) in [7, 11) is 1.85. The Bertz CT molecular complexity index is 568. The second-order valence-corrected chi connectivity index (χ2v) is 4.45. The minimum atomic E-state index is 0.632. The molecule has 1 aromatic heterocycles. The lowest BCUT2D eigenvalue weighted by Crippen LogP contribution is -2.00. The van der Waals surface area contributed by atoms with Crippen LogP contribution >= 0.6 is 0 Å². The monoisotopic (exact) mass is 260 g/mol. The number of rotatable bonds is 3. The molecule has 2 heterocycles. The molecular formula is C13H16N4O2. The van der Waals surface area contributed by atoms with E-state index >= 15 is 0 Å². The van der Waals surface area contributed by atoms with Gasteiger partial charge >= 0.3 is 0 Å². The van der Waals surface area contributed by atoms with Crippen LogP contribution in [0.5, 0.6) is 11.5 Å². The van der Waals surface area contributed by atoms with E-state index in [0.717, 1.165) is 29.3 Å². The van der Waals surface area contributed by atoms with Gasteiger partial charge < -0.3 is 14.8 Å². The van der Waals surface area contributed by atoms with Gasteiger partial charge in [0.1, 0.15) is 5.69 Å². The summed E-state index contributed by atoms with van der Waals surface area (Å²) in [6, 6.07) is 5.86. The third kappa shape index (κ3) is 2.78. The number of hydrogen-bond donors (Lipinski definition) is 1. The van der Waals surface area contributed by atoms with Crippen LogP contribution in [0.2, 0.25) is 0 Å². The minimum Gasteiger partial charge on any atom is -0.490 e. The molecule has 1 aliphatic heterocycles. The Morgan fingerprint density at radius 1 is 1.26 bits per heavy atom. The standard InChI is InChI=1S/C13H16N4O2/c1-17-9-11(15-16-17)8-14-10-3-4-12-13(7-10)19-6-2-5-18-12/h3-4,7,9,14H,2,5-6,8H2,1H3. The maximum Gasteiger partial charge on any atom is 0.163 e. The molecule has 0 amide bonds. The zero-order valence-corrected chi connectivity index (χ0v) is 10.8. The number of hydrogen-bond acceptors (Lipinski definition) is 5. The van der Waals surface area contributed by atoms with Crippen LogP contribution in [0, 0.1) is 0 Å². The number of benzene rings is 1. The van der Waals surface area contributed by atoms with Crippen molar-refractivity contribution < 1.29 is 9.47 Å². The second kappa shape index (κ2) is 5.17. The summed E-state index contributed by atoms with van der Waals surface area (Å²) in [5.74, 6) is 1.60. The molecule has 0 saturated carbocycles. The van der Waals surface area contributed by atoms with Gasteiger partial charge in [-0.05, 0) is 12.1 Å². The summed E-state index contributed by atoms with van der Waals surface area (Å²) < 4.78 is 12.9. The highest BCUT2D eigenvalue weighted by molar-refractivity contribution is 5.55. The van der Waals surface area contributed by atoms with E-state index in [-0.39, 0.29) is 0 Å². The molecule has 6 nitrogen and oxygen atoms in total. The van der Waals surface area contributed by atoms with Gasteiger partial charge in [-0.15, -0.1) is 5.10 Å². The van der Waals surface area contributed by atoms with Gasteiger partial charge in [-0.1, -0.05) is 5.21 Å². The second-order valence-electron chi connectivity index (χ2n) is 4.45. The van der Waals surface area contributed by atoms with E-state index in [1.165, 1.54) is 0 Å². The number of nitrogens with zero attached hydrogens (tertiary/aromatic N) is 3. The van der Waals surface area contributed by atoms with Crippen molar-refractivity contribution in [1.29, 1.82) is 0 Å². The summed E-state index contributed by atoms with van der Waals surface area (Å²) in [6.07, 6.45) is 2.80. The fraction of sp³-hybridized carbons (Fsp3) is 0.385. The SMILES string of the molecule is Cn1cc(CNc2ccc3c(c2)OCCCO3)nn1. The van der Waals surface area contributed by atoms with Crippen LogP contribution in [-0.2, 0) is 13.6 Å². The minimum absolute atomic E-state index is 0.632. The van der Waals surface area contributed by atoms with Gasteiger partial charge in [0.05, 0.1) is 19.8 Å². The van der Waals surface area contributed by atoms with Gasteiger partial charge in [-0.3, -0.25) is 4.68 Å². The van der Waals surface area contributed by atoms with Gasteiger partial charge in [0.15, 0.2) is 11.5 Å². The lowest BCUT2D eigenvalue weighted by Gasteiger charge is -2.10. The van der Waals surface area contributed by atoms with Crippen molar-refractivity contribution in [3.8, 4) is 11.5 Å². The van der Waals surface area contributed by atoms with Crippen LogP contribution in [0.15, 0.2) is 24.4 Å². The average Bonchev–Trinajstić information content (AvgIpc) is 2.70. The zero-order valence-electron chi connectivity index (χ0n) is 10.8. The van der Waals surface area contributed by atoms with Crippen LogP contribution in [0.25, 0.3) is 0 Å². The molecule has 0 bridgehead atoms. The van der Waals surface area contributed by atoms with Crippen molar-refractivity contribution in [3.05, 3.63) is 30.1 Å². The van der Waals surface area contributed by atoms with Crippen molar-refractivity contribution in [2.75, 3.05) is 18.5 Å². The maximum absolute atomic E-state index is 5.65. The topological polar surface area (TPSA) is 61.2 Å². The predicted octanol–water partition coefficient (Wildman–Crippen LogP) is 1.59. The molecule has 2 aromatic rings. The molecule has 1 N–H and O–H groups in total. The fourth-order valence-electron chi connectivity index (χ4n) is 1.94. The Balaban J connectivity index is 1.69. The van der Waals surface area contributed by atoms with Crippen LogP contribution < -0.4 is 14.8 Å². The average molecular weight is 260 g/mol. The first-order chi connectivity index (χ1) is 9.31. The third-order valence-electron chi connectivity index (χ3n) is 2.87. The molecule has 6 heteroatoms. The first kappa shape index (κ1) is 11.8. The Labute approximate surface area is 111 Å². The third-order valence-corrected chi connectivity index (χ3v) is 2.87. The summed E-state index contributed by atoms with van der Waals surface area (Å²) in [5, 5.41) is 11.2. The lowest BCUT2D eigenvalue weighted by atomic mass is 10.2. The van der Waals surface area contributed by atoms with Gasteiger partial charge in [0.2, 0.25) is 0 Å². The molecule has 0 saturated heterocycles. The molecule has 0 aliphatic carbocycles. The van der Waals surface area contributed by atoms with E-state index in [4.69, 9.17) is 9.47 Å². The summed E-state index contributed by atoms with van der Waals surface area (Å²) in [4.78, 5) is 0. The molecule has 0 radical (unpaired) electrons. The molecule has 0 unspecified atom stereocenters. The van der Waals surface area contributed by atoms with E-state index in [1.54, 1.807) is 4.68 Å². The Morgan fingerprint density at radius 2 is 2.11 bits per heavy atom. The number of aryl methyl sites for hydroxylation is 1. The van der Waals surface area contributed by atoms with E-state index in [9.17, 15) is 0 Å². The van der Waals surface area contributed by atoms with Crippen molar-refractivity contribution in [1.82, 2.24) is 15.0 Å². The molecular weight excluding hydrogens is 244 g/mol. The zero-order chi connectivity index (χ0) is 13.1. The number of aromatic nitrogens is 3. The van der Waals surface area contributed by atoms with E-state index in [1.807, 2.05) is 31.4 Å². The van der Waals surface area contributed by atoms with Crippen LogP contribution in [-0.4, -0.2) is 28.2 Å². The highest BCUT2D eigenvalue weighted by Gasteiger charge is 2.10. The van der Waals surface area contributed by atoms with Crippen molar-refractivity contribution >= 4 is 5.69 Å². The number of anilines is 1. The highest BCUT2D eigenvalue weighted by Crippen LogP contribution is 2.32. The molecule has 100 valence electrons. The highest BCUT2D eigenvalue weighted by atomic mass is 16.5. The molecule has 19 heavy (non-hydrogen) atoms. The normalized spacial score (nSPS) is 13.9. The van der Waals surface area contributed by atoms with E-state index in [2.05, 4.69) is 15.6 Å². The smallest absolute Gasteiger partial charge is 0.163 e.